The van der Waals surface area contributed by atoms with Gasteiger partial charge in [0.05, 0.1) is 5.92 Å². The molecule has 1 saturated carbocycles. The summed E-state index contributed by atoms with van der Waals surface area (Å²) in [5.74, 6) is -0.106. The summed E-state index contributed by atoms with van der Waals surface area (Å²) in [5.41, 5.74) is 1.99. The summed E-state index contributed by atoms with van der Waals surface area (Å²) >= 11 is 0. The van der Waals surface area contributed by atoms with Crippen LogP contribution in [0.5, 0.6) is 0 Å². The van der Waals surface area contributed by atoms with Crippen molar-refractivity contribution in [2.75, 3.05) is 0 Å². The van der Waals surface area contributed by atoms with Gasteiger partial charge in [-0.2, -0.15) is 0 Å². The van der Waals surface area contributed by atoms with Gasteiger partial charge in [-0.3, -0.25) is 4.79 Å². The van der Waals surface area contributed by atoms with E-state index in [1.165, 1.54) is 0 Å². The van der Waals surface area contributed by atoms with E-state index in [9.17, 15) is 9.59 Å². The third kappa shape index (κ3) is 2.75. The predicted octanol–water partition coefficient (Wildman–Crippen LogP) is 2.41. The van der Waals surface area contributed by atoms with Crippen molar-refractivity contribution in [3.63, 3.8) is 0 Å². The van der Waals surface area contributed by atoms with Crippen LogP contribution in [0.1, 0.15) is 33.6 Å². The van der Waals surface area contributed by atoms with Gasteiger partial charge in [0.25, 0.3) is 0 Å². The summed E-state index contributed by atoms with van der Waals surface area (Å²) < 4.78 is 0. The van der Waals surface area contributed by atoms with Gasteiger partial charge in [0.15, 0.2) is 5.78 Å². The lowest BCUT2D eigenvalue weighted by Gasteiger charge is -2.14. The Morgan fingerprint density at radius 3 is 2.61 bits per heavy atom. The highest BCUT2D eigenvalue weighted by molar-refractivity contribution is 6.21. The van der Waals surface area contributed by atoms with Gasteiger partial charge in [-0.1, -0.05) is 19.0 Å². The molecule has 0 amide bonds. The molecule has 96 valence electrons. The maximum atomic E-state index is 11.7. The summed E-state index contributed by atoms with van der Waals surface area (Å²) in [6, 6.07) is 0. The van der Waals surface area contributed by atoms with E-state index in [2.05, 4.69) is 5.16 Å². The number of carbonyl (C=O) groups excluding carboxylic acids is 2. The molecule has 0 aromatic carbocycles. The SMILES string of the molecule is CC1=CC(=O)C(C(C)C)=C/C1=N/OC(=O)C1CC1. The highest BCUT2D eigenvalue weighted by Crippen LogP contribution is 2.30. The monoisotopic (exact) mass is 247 g/mol. The minimum absolute atomic E-state index is 0.00923. The highest BCUT2D eigenvalue weighted by Gasteiger charge is 2.32. The van der Waals surface area contributed by atoms with E-state index in [1.807, 2.05) is 13.8 Å². The Labute approximate surface area is 106 Å². The number of ketones is 1. The van der Waals surface area contributed by atoms with Crippen molar-refractivity contribution in [1.82, 2.24) is 0 Å². The van der Waals surface area contributed by atoms with Crippen LogP contribution in [0.3, 0.4) is 0 Å². The third-order valence-corrected chi connectivity index (χ3v) is 3.10. The molecule has 1 fully saturated rings. The molecule has 2 aliphatic rings. The molecule has 0 bridgehead atoms. The zero-order valence-electron chi connectivity index (χ0n) is 10.9. The summed E-state index contributed by atoms with van der Waals surface area (Å²) in [5, 5.41) is 3.86. The first-order valence-corrected chi connectivity index (χ1v) is 6.22. The molecule has 0 heterocycles. The number of rotatable bonds is 3. The lowest BCUT2D eigenvalue weighted by atomic mass is 9.90. The Hall–Kier alpha value is -1.71. The minimum atomic E-state index is -0.272. The average Bonchev–Trinajstić information content (AvgIpc) is 3.10. The molecule has 0 aromatic heterocycles. The Balaban J connectivity index is 2.14. The quantitative estimate of drug-likeness (QED) is 0.437. The standard InChI is InChI=1S/C14H17NO3/c1-8(2)11-7-12(9(3)6-13(11)16)15-18-14(17)10-4-5-10/h6-8,10H,4-5H2,1-3H3/b15-12-. The second-order valence-electron chi connectivity index (χ2n) is 5.11. The first-order chi connectivity index (χ1) is 8.49. The number of oxime groups is 1. The van der Waals surface area contributed by atoms with E-state index >= 15 is 0 Å². The normalized spacial score (nSPS) is 22.0. The molecule has 2 rings (SSSR count). The van der Waals surface area contributed by atoms with Gasteiger partial charge in [-0.25, -0.2) is 4.79 Å². The highest BCUT2D eigenvalue weighted by atomic mass is 16.7. The van der Waals surface area contributed by atoms with E-state index in [1.54, 1.807) is 19.1 Å². The Morgan fingerprint density at radius 2 is 2.06 bits per heavy atom. The lowest BCUT2D eigenvalue weighted by Crippen LogP contribution is -2.16. The van der Waals surface area contributed by atoms with Crippen LogP contribution in [0.25, 0.3) is 0 Å². The first-order valence-electron chi connectivity index (χ1n) is 6.22. The van der Waals surface area contributed by atoms with Crippen molar-refractivity contribution in [3.05, 3.63) is 23.3 Å². The molecule has 18 heavy (non-hydrogen) atoms. The van der Waals surface area contributed by atoms with Gasteiger partial charge in [-0.15, -0.1) is 0 Å². The van der Waals surface area contributed by atoms with Crippen LogP contribution in [0.4, 0.5) is 0 Å². The number of hydrogen-bond donors (Lipinski definition) is 0. The summed E-state index contributed by atoms with van der Waals surface area (Å²) in [6.45, 7) is 5.69. The van der Waals surface area contributed by atoms with Gasteiger partial charge in [-0.05, 0) is 43.4 Å². The van der Waals surface area contributed by atoms with Crippen molar-refractivity contribution in [2.24, 2.45) is 17.0 Å². The van der Waals surface area contributed by atoms with Crippen molar-refractivity contribution >= 4 is 17.5 Å². The molecule has 0 spiro atoms. The number of nitrogens with zero attached hydrogens (tertiary/aromatic N) is 1. The zero-order chi connectivity index (χ0) is 13.3. The van der Waals surface area contributed by atoms with Crippen LogP contribution < -0.4 is 0 Å². The largest absolute Gasteiger partial charge is 0.338 e. The fourth-order valence-electron chi connectivity index (χ4n) is 1.72. The fourth-order valence-corrected chi connectivity index (χ4v) is 1.72. The van der Waals surface area contributed by atoms with Crippen LogP contribution in [-0.4, -0.2) is 17.5 Å². The molecule has 0 aromatic rings. The van der Waals surface area contributed by atoms with E-state index in [-0.39, 0.29) is 23.6 Å². The Morgan fingerprint density at radius 1 is 1.39 bits per heavy atom. The molecule has 0 N–H and O–H groups in total. The average molecular weight is 247 g/mol. The molecule has 4 nitrogen and oxygen atoms in total. The molecule has 0 unspecified atom stereocenters. The Kier molecular flexibility index (Phi) is 3.45. The topological polar surface area (TPSA) is 55.7 Å². The van der Waals surface area contributed by atoms with Crippen LogP contribution in [0.2, 0.25) is 0 Å². The second kappa shape index (κ2) is 4.88. The van der Waals surface area contributed by atoms with E-state index in [4.69, 9.17) is 4.84 Å². The molecule has 0 saturated heterocycles. The van der Waals surface area contributed by atoms with Crippen LogP contribution in [0, 0.1) is 11.8 Å². The molecular formula is C14H17NO3. The van der Waals surface area contributed by atoms with Gasteiger partial charge in [0.1, 0.15) is 5.71 Å². The first kappa shape index (κ1) is 12.7. The lowest BCUT2D eigenvalue weighted by molar-refractivity contribution is -0.145. The Bertz CT molecular complexity index is 479. The van der Waals surface area contributed by atoms with E-state index < -0.39 is 0 Å². The van der Waals surface area contributed by atoms with Crippen LogP contribution >= 0.6 is 0 Å². The summed E-state index contributed by atoms with van der Waals surface area (Å²) in [4.78, 5) is 28.0. The maximum Gasteiger partial charge on any atom is 0.338 e. The smallest absolute Gasteiger partial charge is 0.317 e. The molecule has 0 aliphatic heterocycles. The van der Waals surface area contributed by atoms with Gasteiger partial charge in [0.2, 0.25) is 0 Å². The predicted molar refractivity (Wildman–Crippen MR) is 67.9 cm³/mol. The van der Waals surface area contributed by atoms with Crippen molar-refractivity contribution in [1.29, 1.82) is 0 Å². The fraction of sp³-hybridized carbons (Fsp3) is 0.500. The maximum absolute atomic E-state index is 11.7. The zero-order valence-corrected chi connectivity index (χ0v) is 10.9. The molecule has 0 atom stereocenters. The van der Waals surface area contributed by atoms with Crippen LogP contribution in [-0.2, 0) is 14.4 Å². The molecule has 0 radical (unpaired) electrons. The van der Waals surface area contributed by atoms with Crippen molar-refractivity contribution < 1.29 is 14.4 Å². The number of carbonyl (C=O) groups is 2. The molecular weight excluding hydrogens is 230 g/mol. The number of hydrogen-bond acceptors (Lipinski definition) is 4. The molecule has 4 heteroatoms. The van der Waals surface area contributed by atoms with Gasteiger partial charge >= 0.3 is 5.97 Å². The van der Waals surface area contributed by atoms with E-state index in [0.29, 0.717) is 11.3 Å². The van der Waals surface area contributed by atoms with Crippen LogP contribution in [0.15, 0.2) is 28.5 Å². The third-order valence-electron chi connectivity index (χ3n) is 3.10. The van der Waals surface area contributed by atoms with Gasteiger partial charge < -0.3 is 4.84 Å². The van der Waals surface area contributed by atoms with Gasteiger partial charge in [0, 0.05) is 5.57 Å². The number of allylic oxidation sites excluding steroid dienone is 4. The molecule has 2 aliphatic carbocycles. The minimum Gasteiger partial charge on any atom is -0.317 e. The van der Waals surface area contributed by atoms with Crippen molar-refractivity contribution in [2.45, 2.75) is 33.6 Å². The van der Waals surface area contributed by atoms with E-state index in [0.717, 1.165) is 18.4 Å². The van der Waals surface area contributed by atoms with Crippen molar-refractivity contribution in [3.8, 4) is 0 Å². The second-order valence-corrected chi connectivity index (χ2v) is 5.11. The summed E-state index contributed by atoms with van der Waals surface area (Å²) in [6.07, 6.45) is 5.04. The summed E-state index contributed by atoms with van der Waals surface area (Å²) in [7, 11) is 0.